The fraction of sp³-hybridized carbons (Fsp3) is 0.400. The molecule has 0 atom stereocenters. The molecule has 0 radical (unpaired) electrons. The summed E-state index contributed by atoms with van der Waals surface area (Å²) in [6, 6.07) is 6.01. The minimum Gasteiger partial charge on any atom is -0.256 e. The molecular formula is C15H16ClN. The molecule has 0 aliphatic heterocycles. The van der Waals surface area contributed by atoms with Crippen molar-refractivity contribution >= 4 is 22.5 Å². The first-order chi connectivity index (χ1) is 8.16. The first-order valence-electron chi connectivity index (χ1n) is 6.25. The summed E-state index contributed by atoms with van der Waals surface area (Å²) >= 11 is 6.12. The van der Waals surface area contributed by atoms with Crippen molar-refractivity contribution in [2.24, 2.45) is 0 Å². The molecule has 0 spiro atoms. The normalized spacial score (nSPS) is 15.8. The van der Waals surface area contributed by atoms with Crippen LogP contribution in [0.1, 0.15) is 49.7 Å². The number of pyridine rings is 1. The molecule has 0 N–H and O–H groups in total. The fourth-order valence-electron chi connectivity index (χ4n) is 2.49. The van der Waals surface area contributed by atoms with E-state index in [1.54, 1.807) is 0 Å². The van der Waals surface area contributed by atoms with E-state index in [1.807, 2.05) is 12.1 Å². The number of rotatable bonds is 2. The second-order valence-corrected chi connectivity index (χ2v) is 5.65. The Labute approximate surface area is 107 Å². The zero-order valence-corrected chi connectivity index (χ0v) is 11.0. The third-order valence-corrected chi connectivity index (χ3v) is 3.75. The molecule has 2 heteroatoms. The van der Waals surface area contributed by atoms with E-state index in [1.165, 1.54) is 29.4 Å². The molecule has 0 bridgehead atoms. The number of hydrogen-bond acceptors (Lipinski definition) is 1. The lowest BCUT2D eigenvalue weighted by atomic mass is 9.93. The van der Waals surface area contributed by atoms with Gasteiger partial charge in [0.2, 0.25) is 0 Å². The second-order valence-electron chi connectivity index (χ2n) is 5.22. The van der Waals surface area contributed by atoms with E-state index in [4.69, 9.17) is 11.6 Å². The van der Waals surface area contributed by atoms with Crippen LogP contribution in [0, 0.1) is 0 Å². The molecule has 0 saturated heterocycles. The maximum absolute atomic E-state index is 6.12. The molecule has 17 heavy (non-hydrogen) atoms. The molecule has 2 aromatic rings. The molecule has 3 rings (SSSR count). The summed E-state index contributed by atoms with van der Waals surface area (Å²) in [6.45, 7) is 4.47. The molecule has 1 aliphatic rings. The molecule has 1 aromatic carbocycles. The number of benzene rings is 1. The zero-order chi connectivity index (χ0) is 12.0. The third-order valence-electron chi connectivity index (χ3n) is 3.51. The molecule has 1 nitrogen and oxygen atoms in total. The van der Waals surface area contributed by atoms with Crippen LogP contribution in [0.2, 0.25) is 5.02 Å². The van der Waals surface area contributed by atoms with Gasteiger partial charge in [-0.15, -0.1) is 0 Å². The molecule has 1 heterocycles. The first-order valence-corrected chi connectivity index (χ1v) is 6.62. The predicted molar refractivity (Wildman–Crippen MR) is 72.8 cm³/mol. The topological polar surface area (TPSA) is 12.9 Å². The predicted octanol–water partition coefficient (Wildman–Crippen LogP) is 4.89. The average Bonchev–Trinajstić information content (AvgIpc) is 3.11. The minimum absolute atomic E-state index is 0.529. The average molecular weight is 246 g/mol. The largest absolute Gasteiger partial charge is 0.256 e. The van der Waals surface area contributed by atoms with E-state index in [0.29, 0.717) is 5.92 Å². The summed E-state index contributed by atoms with van der Waals surface area (Å²) < 4.78 is 0. The van der Waals surface area contributed by atoms with Crippen molar-refractivity contribution in [3.8, 4) is 0 Å². The van der Waals surface area contributed by atoms with E-state index in [0.717, 1.165) is 16.5 Å². The van der Waals surface area contributed by atoms with Gasteiger partial charge < -0.3 is 0 Å². The molecule has 1 aromatic heterocycles. The smallest absolute Gasteiger partial charge is 0.0706 e. The molecule has 1 saturated carbocycles. The number of fused-ring (bicyclic) bond motifs is 1. The first kappa shape index (κ1) is 11.0. The summed E-state index contributed by atoms with van der Waals surface area (Å²) in [6.07, 6.45) is 4.67. The second kappa shape index (κ2) is 3.99. The van der Waals surface area contributed by atoms with Crippen molar-refractivity contribution in [3.63, 3.8) is 0 Å². The van der Waals surface area contributed by atoms with Crippen molar-refractivity contribution in [2.45, 2.75) is 38.5 Å². The van der Waals surface area contributed by atoms with Gasteiger partial charge in [-0.3, -0.25) is 4.98 Å². The van der Waals surface area contributed by atoms with Gasteiger partial charge in [0, 0.05) is 16.6 Å². The van der Waals surface area contributed by atoms with Crippen LogP contribution < -0.4 is 0 Å². The summed E-state index contributed by atoms with van der Waals surface area (Å²) in [5.41, 5.74) is 3.95. The Morgan fingerprint density at radius 1 is 1.29 bits per heavy atom. The van der Waals surface area contributed by atoms with E-state index in [-0.39, 0.29) is 0 Å². The van der Waals surface area contributed by atoms with Gasteiger partial charge in [-0.05, 0) is 54.0 Å². The number of halogens is 1. The molecule has 88 valence electrons. The fourth-order valence-corrected chi connectivity index (χ4v) is 2.66. The quantitative estimate of drug-likeness (QED) is 0.734. The van der Waals surface area contributed by atoms with Crippen molar-refractivity contribution in [1.82, 2.24) is 4.98 Å². The maximum Gasteiger partial charge on any atom is 0.0706 e. The lowest BCUT2D eigenvalue weighted by Crippen LogP contribution is -1.98. The number of nitrogens with zero attached hydrogens (tertiary/aromatic N) is 1. The van der Waals surface area contributed by atoms with Gasteiger partial charge in [-0.2, -0.15) is 0 Å². The Morgan fingerprint density at radius 2 is 2.06 bits per heavy atom. The Bertz CT molecular complexity index is 570. The van der Waals surface area contributed by atoms with Crippen molar-refractivity contribution in [3.05, 3.63) is 40.5 Å². The lowest BCUT2D eigenvalue weighted by Gasteiger charge is -2.14. The van der Waals surface area contributed by atoms with Crippen LogP contribution in [-0.2, 0) is 0 Å². The minimum atomic E-state index is 0.529. The Kier molecular flexibility index (Phi) is 2.59. The van der Waals surface area contributed by atoms with E-state index < -0.39 is 0 Å². The maximum atomic E-state index is 6.12. The summed E-state index contributed by atoms with van der Waals surface area (Å²) in [4.78, 5) is 4.56. The SMILES string of the molecule is CC(C)c1cnc2ccc(Cl)cc2c1C1CC1. The Balaban J connectivity index is 2.32. The lowest BCUT2D eigenvalue weighted by molar-refractivity contribution is 0.839. The highest BCUT2D eigenvalue weighted by Crippen LogP contribution is 2.46. The van der Waals surface area contributed by atoms with Crippen LogP contribution in [0.3, 0.4) is 0 Å². The van der Waals surface area contributed by atoms with Crippen LogP contribution in [0.25, 0.3) is 10.9 Å². The standard InChI is InChI=1S/C15H16ClN/c1-9(2)13-8-17-14-6-5-11(16)7-12(14)15(13)10-3-4-10/h5-10H,3-4H2,1-2H3. The van der Waals surface area contributed by atoms with Gasteiger partial charge in [0.25, 0.3) is 0 Å². The zero-order valence-electron chi connectivity index (χ0n) is 10.2. The highest BCUT2D eigenvalue weighted by atomic mass is 35.5. The van der Waals surface area contributed by atoms with Gasteiger partial charge in [-0.1, -0.05) is 25.4 Å². The highest BCUT2D eigenvalue weighted by Gasteiger charge is 2.29. The van der Waals surface area contributed by atoms with Crippen LogP contribution in [0.5, 0.6) is 0 Å². The van der Waals surface area contributed by atoms with Crippen LogP contribution >= 0.6 is 11.6 Å². The van der Waals surface area contributed by atoms with Crippen molar-refractivity contribution in [1.29, 1.82) is 0 Å². The van der Waals surface area contributed by atoms with Gasteiger partial charge in [0.05, 0.1) is 5.52 Å². The van der Waals surface area contributed by atoms with Crippen molar-refractivity contribution < 1.29 is 0 Å². The Hall–Kier alpha value is -1.08. The molecule has 0 amide bonds. The van der Waals surface area contributed by atoms with Crippen LogP contribution in [-0.4, -0.2) is 4.98 Å². The molecule has 1 aliphatic carbocycles. The van der Waals surface area contributed by atoms with Crippen LogP contribution in [0.4, 0.5) is 0 Å². The van der Waals surface area contributed by atoms with Gasteiger partial charge in [-0.25, -0.2) is 0 Å². The van der Waals surface area contributed by atoms with Gasteiger partial charge >= 0.3 is 0 Å². The summed E-state index contributed by atoms with van der Waals surface area (Å²) in [5, 5.41) is 2.06. The monoisotopic (exact) mass is 245 g/mol. The number of aromatic nitrogens is 1. The molecular weight excluding hydrogens is 230 g/mol. The van der Waals surface area contributed by atoms with E-state index >= 15 is 0 Å². The third kappa shape index (κ3) is 1.93. The Morgan fingerprint density at radius 3 is 2.71 bits per heavy atom. The van der Waals surface area contributed by atoms with Gasteiger partial charge in [0.1, 0.15) is 0 Å². The van der Waals surface area contributed by atoms with Crippen LogP contribution in [0.15, 0.2) is 24.4 Å². The summed E-state index contributed by atoms with van der Waals surface area (Å²) in [5.74, 6) is 1.26. The number of hydrogen-bond donors (Lipinski definition) is 0. The highest BCUT2D eigenvalue weighted by molar-refractivity contribution is 6.31. The molecule has 0 unspecified atom stereocenters. The van der Waals surface area contributed by atoms with Gasteiger partial charge in [0.15, 0.2) is 0 Å². The van der Waals surface area contributed by atoms with E-state index in [9.17, 15) is 0 Å². The van der Waals surface area contributed by atoms with E-state index in [2.05, 4.69) is 31.1 Å². The molecule has 1 fully saturated rings. The summed E-state index contributed by atoms with van der Waals surface area (Å²) in [7, 11) is 0. The van der Waals surface area contributed by atoms with Crippen molar-refractivity contribution in [2.75, 3.05) is 0 Å².